The van der Waals surface area contributed by atoms with Crippen molar-refractivity contribution in [1.29, 1.82) is 0 Å². The number of carbonyl (C=O) groups excluding carboxylic acids is 2. The second-order valence-corrected chi connectivity index (χ2v) is 13.1. The van der Waals surface area contributed by atoms with Gasteiger partial charge >= 0.3 is 0 Å². The van der Waals surface area contributed by atoms with Crippen LogP contribution in [0.3, 0.4) is 0 Å². The van der Waals surface area contributed by atoms with E-state index in [0.717, 1.165) is 16.7 Å². The van der Waals surface area contributed by atoms with Gasteiger partial charge in [-0.2, -0.15) is 4.98 Å². The van der Waals surface area contributed by atoms with Crippen LogP contribution in [0.4, 0.5) is 11.6 Å². The first-order valence-electron chi connectivity index (χ1n) is 13.2. The molecule has 5 rings (SSSR count). The molecule has 2 atom stereocenters. The lowest BCUT2D eigenvalue weighted by Crippen LogP contribution is -2.53. The molecule has 2 aliphatic heterocycles. The average Bonchev–Trinajstić information content (AvgIpc) is 2.87. The largest absolute Gasteiger partial charge is 0.472 e. The van der Waals surface area contributed by atoms with E-state index >= 15 is 0 Å². The highest BCUT2D eigenvalue weighted by Crippen LogP contribution is 2.32. The van der Waals surface area contributed by atoms with Gasteiger partial charge in [-0.25, -0.2) is 18.1 Å². The number of benzene rings is 2. The lowest BCUT2D eigenvalue weighted by Gasteiger charge is -2.39. The molecule has 2 aromatic carbocycles. The Kier molecular flexibility index (Phi) is 7.03. The summed E-state index contributed by atoms with van der Waals surface area (Å²) < 4.78 is 35.4. The Labute approximate surface area is 234 Å². The van der Waals surface area contributed by atoms with Crippen molar-refractivity contribution in [3.05, 3.63) is 59.7 Å². The van der Waals surface area contributed by atoms with Crippen LogP contribution in [0.25, 0.3) is 11.3 Å². The fourth-order valence-corrected chi connectivity index (χ4v) is 6.17. The number of anilines is 2. The molecule has 3 aromatic rings. The number of sulfonamides is 1. The summed E-state index contributed by atoms with van der Waals surface area (Å²) in [6, 6.07) is 13.5. The van der Waals surface area contributed by atoms with E-state index in [1.54, 1.807) is 23.1 Å². The van der Waals surface area contributed by atoms with E-state index in [2.05, 4.69) is 20.0 Å². The number of amides is 2. The Balaban J connectivity index is 1.65. The van der Waals surface area contributed by atoms with Crippen LogP contribution >= 0.6 is 0 Å². The van der Waals surface area contributed by atoms with Crippen LogP contribution in [-0.2, 0) is 19.6 Å². The normalized spacial score (nSPS) is 20.4. The minimum absolute atomic E-state index is 0.0584. The molecule has 2 amide bonds. The lowest BCUT2D eigenvalue weighted by atomic mass is 9.89. The van der Waals surface area contributed by atoms with E-state index in [1.807, 2.05) is 52.8 Å². The summed E-state index contributed by atoms with van der Waals surface area (Å²) in [7, 11) is -4.09. The molecule has 1 aromatic heterocycles. The van der Waals surface area contributed by atoms with Gasteiger partial charge in [0.25, 0.3) is 10.0 Å². The van der Waals surface area contributed by atoms with E-state index in [0.29, 0.717) is 17.8 Å². The third-order valence-electron chi connectivity index (χ3n) is 7.08. The molecule has 3 heterocycles. The molecular weight excluding hydrogens is 530 g/mol. The smallest absolute Gasteiger partial charge is 0.264 e. The summed E-state index contributed by atoms with van der Waals surface area (Å²) in [5.41, 5.74) is 2.92. The number of hydrogen-bond acceptors (Lipinski definition) is 7. The maximum absolute atomic E-state index is 13.4. The van der Waals surface area contributed by atoms with E-state index in [9.17, 15) is 18.0 Å². The van der Waals surface area contributed by atoms with E-state index in [1.165, 1.54) is 12.1 Å². The predicted octanol–water partition coefficient (Wildman–Crippen LogP) is 4.16. The molecular formula is C29H33N5O5S. The summed E-state index contributed by atoms with van der Waals surface area (Å²) in [6.45, 7) is 9.91. The van der Waals surface area contributed by atoms with Crippen molar-refractivity contribution in [1.82, 2.24) is 14.9 Å². The topological polar surface area (TPSA) is 131 Å². The number of aromatic nitrogens is 2. The van der Waals surface area contributed by atoms with Crippen molar-refractivity contribution >= 4 is 33.5 Å². The van der Waals surface area contributed by atoms with Gasteiger partial charge in [-0.15, -0.1) is 0 Å². The first-order valence-corrected chi connectivity index (χ1v) is 14.6. The quantitative estimate of drug-likeness (QED) is 0.455. The number of carbonyl (C=O) groups is 2. The summed E-state index contributed by atoms with van der Waals surface area (Å²) >= 11 is 0. The van der Waals surface area contributed by atoms with Crippen LogP contribution in [0, 0.1) is 25.2 Å². The van der Waals surface area contributed by atoms with E-state index in [4.69, 9.17) is 4.74 Å². The van der Waals surface area contributed by atoms with Crippen molar-refractivity contribution in [3.8, 4) is 17.1 Å². The highest BCUT2D eigenvalue weighted by Gasteiger charge is 2.38. The molecule has 10 nitrogen and oxygen atoms in total. The minimum atomic E-state index is -4.09. The summed E-state index contributed by atoms with van der Waals surface area (Å²) in [6.07, 6.45) is -0.210. The van der Waals surface area contributed by atoms with Gasteiger partial charge in [0.2, 0.25) is 23.6 Å². The molecule has 11 heteroatoms. The Morgan fingerprint density at radius 1 is 1.02 bits per heavy atom. The van der Waals surface area contributed by atoms with Crippen LogP contribution in [-0.4, -0.2) is 54.3 Å². The van der Waals surface area contributed by atoms with Gasteiger partial charge in [0.05, 0.1) is 23.1 Å². The Morgan fingerprint density at radius 2 is 1.73 bits per heavy atom. The van der Waals surface area contributed by atoms with Gasteiger partial charge in [0.1, 0.15) is 6.10 Å². The minimum Gasteiger partial charge on any atom is -0.472 e. The Morgan fingerprint density at radius 3 is 2.42 bits per heavy atom. The maximum Gasteiger partial charge on any atom is 0.264 e. The van der Waals surface area contributed by atoms with E-state index < -0.39 is 27.5 Å². The van der Waals surface area contributed by atoms with Crippen LogP contribution in [0.5, 0.6) is 5.88 Å². The van der Waals surface area contributed by atoms with Gasteiger partial charge in [-0.1, -0.05) is 45.0 Å². The zero-order valence-corrected chi connectivity index (χ0v) is 24.0. The number of piperidine rings is 1. The number of fused-ring (bicyclic) bond motifs is 6. The van der Waals surface area contributed by atoms with Crippen LogP contribution in [0.1, 0.15) is 38.3 Å². The number of nitrogens with one attached hydrogen (secondary N) is 2. The monoisotopic (exact) mass is 563 g/mol. The Hall–Kier alpha value is -3.99. The van der Waals surface area contributed by atoms with Gasteiger partial charge in [0, 0.05) is 29.3 Å². The van der Waals surface area contributed by atoms with Gasteiger partial charge in [-0.05, 0) is 49.6 Å². The van der Waals surface area contributed by atoms with Crippen molar-refractivity contribution in [2.24, 2.45) is 11.3 Å². The molecule has 40 heavy (non-hydrogen) atoms. The second-order valence-electron chi connectivity index (χ2n) is 11.4. The second kappa shape index (κ2) is 10.2. The Bertz CT molecular complexity index is 1580. The van der Waals surface area contributed by atoms with Gasteiger partial charge in [0.15, 0.2) is 0 Å². The molecule has 0 radical (unpaired) electrons. The van der Waals surface area contributed by atoms with Crippen molar-refractivity contribution in [2.75, 3.05) is 23.1 Å². The molecule has 1 fully saturated rings. The first-order chi connectivity index (χ1) is 18.8. The molecule has 0 spiro atoms. The highest BCUT2D eigenvalue weighted by atomic mass is 32.2. The highest BCUT2D eigenvalue weighted by molar-refractivity contribution is 7.92. The average molecular weight is 564 g/mol. The predicted molar refractivity (Wildman–Crippen MR) is 151 cm³/mol. The van der Waals surface area contributed by atoms with E-state index in [-0.39, 0.29) is 41.6 Å². The number of nitrogens with zero attached hydrogens (tertiary/aromatic N) is 3. The fourth-order valence-electron chi connectivity index (χ4n) is 5.18. The molecule has 2 aliphatic rings. The number of ether oxygens (including phenoxy) is 1. The van der Waals surface area contributed by atoms with Gasteiger partial charge in [-0.3, -0.25) is 9.59 Å². The number of aryl methyl sites for hydroxylation is 2. The van der Waals surface area contributed by atoms with Crippen LogP contribution in [0.15, 0.2) is 53.4 Å². The molecule has 0 saturated carbocycles. The van der Waals surface area contributed by atoms with Crippen molar-refractivity contribution in [3.63, 3.8) is 0 Å². The summed E-state index contributed by atoms with van der Waals surface area (Å²) in [5, 5.41) is 2.82. The van der Waals surface area contributed by atoms with Crippen molar-refractivity contribution in [2.45, 2.75) is 52.0 Å². The van der Waals surface area contributed by atoms with Crippen LogP contribution in [0.2, 0.25) is 0 Å². The van der Waals surface area contributed by atoms with Crippen molar-refractivity contribution < 1.29 is 22.7 Å². The standard InChI is InChI=1S/C29H33N5O5S/c1-17-8-6-9-18(2)25(17)23-14-24-32-28(31-23)33-40(37,38)22-11-7-10-20(13-22)30-26(35)19-12-21(39-24)16-34(15-19)27(36)29(3,4)5/h6-11,13-14,19,21H,12,15-16H2,1-5H3,(H,30,35)(H,31,32,33)/t19-,21+/m1/s1. The molecule has 2 N–H and O–H groups in total. The molecule has 6 bridgehead atoms. The summed E-state index contributed by atoms with van der Waals surface area (Å²) in [5.74, 6) is -0.985. The third-order valence-corrected chi connectivity index (χ3v) is 8.40. The number of hydrogen-bond donors (Lipinski definition) is 2. The first kappa shape index (κ1) is 27.6. The number of likely N-dealkylation sites (tertiary alicyclic amines) is 1. The van der Waals surface area contributed by atoms with Gasteiger partial charge < -0.3 is 15.0 Å². The van der Waals surface area contributed by atoms with Crippen LogP contribution < -0.4 is 14.8 Å². The fraction of sp³-hybridized carbons (Fsp3) is 0.379. The molecule has 210 valence electrons. The summed E-state index contributed by atoms with van der Waals surface area (Å²) in [4.78, 5) is 37.2. The molecule has 1 saturated heterocycles. The third kappa shape index (κ3) is 5.65. The zero-order chi connectivity index (χ0) is 28.8. The lowest BCUT2D eigenvalue weighted by molar-refractivity contribution is -0.144. The molecule has 0 unspecified atom stereocenters. The SMILES string of the molecule is Cc1cccc(C)c1-c1cc2nc(n1)NS(=O)(=O)c1cccc(c1)NC(=O)[C@@H]1C[C@@H](CN(C(=O)C(C)(C)C)C1)O2. The molecule has 0 aliphatic carbocycles. The zero-order valence-electron chi connectivity index (χ0n) is 23.2. The number of rotatable bonds is 1. The maximum atomic E-state index is 13.4.